The summed E-state index contributed by atoms with van der Waals surface area (Å²) in [7, 11) is 0. The van der Waals surface area contributed by atoms with Crippen molar-refractivity contribution in [2.24, 2.45) is 0 Å². The van der Waals surface area contributed by atoms with Crippen molar-refractivity contribution in [3.63, 3.8) is 0 Å². The first-order valence-electron chi connectivity index (χ1n) is 4.93. The zero-order chi connectivity index (χ0) is 11.0. The molecule has 15 heavy (non-hydrogen) atoms. The lowest BCUT2D eigenvalue weighted by molar-refractivity contribution is 0.181. The molecule has 1 N–H and O–H groups in total. The molecule has 1 atom stereocenters. The predicted octanol–water partition coefficient (Wildman–Crippen LogP) is 2.34. The van der Waals surface area contributed by atoms with Crippen LogP contribution in [-0.2, 0) is 6.42 Å². The normalized spacial score (nSPS) is 16.8. The second kappa shape index (κ2) is 3.77. The molecular formula is C11H12F2O2. The Morgan fingerprint density at radius 1 is 1.40 bits per heavy atom. The van der Waals surface area contributed by atoms with Crippen molar-refractivity contribution in [3.05, 3.63) is 28.8 Å². The van der Waals surface area contributed by atoms with Gasteiger partial charge in [-0.1, -0.05) is 0 Å². The van der Waals surface area contributed by atoms with Crippen LogP contribution in [0, 0.1) is 11.6 Å². The summed E-state index contributed by atoms with van der Waals surface area (Å²) >= 11 is 0. The van der Waals surface area contributed by atoms with E-state index in [0.29, 0.717) is 18.6 Å². The van der Waals surface area contributed by atoms with E-state index in [1.54, 1.807) is 0 Å². The summed E-state index contributed by atoms with van der Waals surface area (Å²) in [5, 5.41) is 9.41. The van der Waals surface area contributed by atoms with E-state index in [-0.39, 0.29) is 11.3 Å². The first kappa shape index (κ1) is 10.4. The molecule has 82 valence electrons. The van der Waals surface area contributed by atoms with Gasteiger partial charge in [-0.15, -0.1) is 0 Å². The van der Waals surface area contributed by atoms with Gasteiger partial charge in [-0.3, -0.25) is 0 Å². The third kappa shape index (κ3) is 1.69. The number of aliphatic hydroxyl groups excluding tert-OH is 1. The Bertz CT molecular complexity index is 389. The lowest BCUT2D eigenvalue weighted by atomic mass is 9.98. The van der Waals surface area contributed by atoms with Crippen LogP contribution in [0.4, 0.5) is 8.78 Å². The number of rotatable bonds is 1. The molecule has 1 aromatic rings. The molecule has 1 unspecified atom stereocenters. The van der Waals surface area contributed by atoms with Crippen LogP contribution in [-0.4, -0.2) is 11.7 Å². The Labute approximate surface area is 86.5 Å². The zero-order valence-corrected chi connectivity index (χ0v) is 8.39. The number of ether oxygens (including phenoxy) is 1. The van der Waals surface area contributed by atoms with Crippen LogP contribution in [0.2, 0.25) is 0 Å². The lowest BCUT2D eigenvalue weighted by Crippen LogP contribution is -2.14. The number of halogens is 2. The first-order chi connectivity index (χ1) is 7.11. The van der Waals surface area contributed by atoms with Crippen molar-refractivity contribution < 1.29 is 18.6 Å². The quantitative estimate of drug-likeness (QED) is 0.777. The monoisotopic (exact) mass is 214 g/mol. The standard InChI is InChI=1S/C11H12F2O2/c1-6(14)10-9(13)5-8(12)7-3-2-4-15-11(7)10/h5-6,14H,2-4H2,1H3. The molecule has 0 saturated heterocycles. The van der Waals surface area contributed by atoms with Crippen LogP contribution < -0.4 is 4.74 Å². The first-order valence-corrected chi connectivity index (χ1v) is 4.93. The van der Waals surface area contributed by atoms with Crippen LogP contribution in [0.3, 0.4) is 0 Å². The van der Waals surface area contributed by atoms with Crippen molar-refractivity contribution in [1.29, 1.82) is 0 Å². The van der Waals surface area contributed by atoms with E-state index >= 15 is 0 Å². The number of benzene rings is 1. The maximum absolute atomic E-state index is 13.4. The highest BCUT2D eigenvalue weighted by Gasteiger charge is 2.24. The van der Waals surface area contributed by atoms with Gasteiger partial charge < -0.3 is 9.84 Å². The number of fused-ring (bicyclic) bond motifs is 1. The summed E-state index contributed by atoms with van der Waals surface area (Å²) in [6.45, 7) is 1.88. The minimum absolute atomic E-state index is 0.0612. The smallest absolute Gasteiger partial charge is 0.135 e. The fourth-order valence-electron chi connectivity index (χ4n) is 1.87. The van der Waals surface area contributed by atoms with Gasteiger partial charge in [0, 0.05) is 11.6 Å². The maximum Gasteiger partial charge on any atom is 0.135 e. The van der Waals surface area contributed by atoms with Gasteiger partial charge in [0.1, 0.15) is 17.4 Å². The van der Waals surface area contributed by atoms with Crippen LogP contribution in [0.1, 0.15) is 30.6 Å². The van der Waals surface area contributed by atoms with Gasteiger partial charge in [0.25, 0.3) is 0 Å². The third-order valence-corrected chi connectivity index (χ3v) is 2.55. The second-order valence-corrected chi connectivity index (χ2v) is 3.69. The molecule has 0 aliphatic carbocycles. The fourth-order valence-corrected chi connectivity index (χ4v) is 1.87. The molecule has 0 spiro atoms. The molecule has 1 aliphatic rings. The summed E-state index contributed by atoms with van der Waals surface area (Å²) in [5.41, 5.74) is 0.435. The molecule has 1 aliphatic heterocycles. The van der Waals surface area contributed by atoms with Crippen LogP contribution in [0.15, 0.2) is 6.07 Å². The molecule has 2 nitrogen and oxygen atoms in total. The Morgan fingerprint density at radius 3 is 2.80 bits per heavy atom. The van der Waals surface area contributed by atoms with Crippen LogP contribution in [0.5, 0.6) is 5.75 Å². The van der Waals surface area contributed by atoms with Crippen molar-refractivity contribution in [2.75, 3.05) is 6.61 Å². The van der Waals surface area contributed by atoms with Gasteiger partial charge in [0.15, 0.2) is 0 Å². The van der Waals surface area contributed by atoms with Crippen molar-refractivity contribution in [2.45, 2.75) is 25.9 Å². The largest absolute Gasteiger partial charge is 0.493 e. The van der Waals surface area contributed by atoms with E-state index in [2.05, 4.69) is 0 Å². The molecule has 0 radical (unpaired) electrons. The Hall–Kier alpha value is -1.16. The highest BCUT2D eigenvalue weighted by molar-refractivity contribution is 5.45. The van der Waals surface area contributed by atoms with Crippen molar-refractivity contribution >= 4 is 0 Å². The van der Waals surface area contributed by atoms with Crippen LogP contribution in [0.25, 0.3) is 0 Å². The Morgan fingerprint density at radius 2 is 2.13 bits per heavy atom. The van der Waals surface area contributed by atoms with E-state index < -0.39 is 17.7 Å². The van der Waals surface area contributed by atoms with Crippen molar-refractivity contribution in [3.8, 4) is 5.75 Å². The zero-order valence-electron chi connectivity index (χ0n) is 8.39. The molecule has 4 heteroatoms. The van der Waals surface area contributed by atoms with Gasteiger partial charge in [0.2, 0.25) is 0 Å². The number of hydrogen-bond donors (Lipinski definition) is 1. The summed E-state index contributed by atoms with van der Waals surface area (Å²) in [5.74, 6) is -1.15. The SMILES string of the molecule is CC(O)c1c(F)cc(F)c2c1OCCC2. The average molecular weight is 214 g/mol. The molecule has 2 rings (SSSR count). The lowest BCUT2D eigenvalue weighted by Gasteiger charge is -2.22. The number of aliphatic hydroxyl groups is 1. The highest BCUT2D eigenvalue weighted by atomic mass is 19.1. The molecule has 0 amide bonds. The van der Waals surface area contributed by atoms with E-state index in [1.165, 1.54) is 6.92 Å². The third-order valence-electron chi connectivity index (χ3n) is 2.55. The summed E-state index contributed by atoms with van der Waals surface area (Å²) < 4.78 is 32.0. The van der Waals surface area contributed by atoms with Gasteiger partial charge in [0.05, 0.1) is 18.3 Å². The van der Waals surface area contributed by atoms with E-state index in [4.69, 9.17) is 4.74 Å². The minimum atomic E-state index is -0.988. The second-order valence-electron chi connectivity index (χ2n) is 3.69. The van der Waals surface area contributed by atoms with E-state index in [0.717, 1.165) is 12.5 Å². The van der Waals surface area contributed by atoms with E-state index in [9.17, 15) is 13.9 Å². The summed E-state index contributed by atoms with van der Waals surface area (Å²) in [6.07, 6.45) is 0.258. The molecular weight excluding hydrogens is 202 g/mol. The topological polar surface area (TPSA) is 29.5 Å². The molecule has 1 aromatic carbocycles. The van der Waals surface area contributed by atoms with Gasteiger partial charge in [-0.05, 0) is 19.8 Å². The minimum Gasteiger partial charge on any atom is -0.493 e. The maximum atomic E-state index is 13.4. The molecule has 0 bridgehead atoms. The molecule has 1 heterocycles. The molecule has 0 saturated carbocycles. The molecule has 0 fully saturated rings. The fraction of sp³-hybridized carbons (Fsp3) is 0.455. The highest BCUT2D eigenvalue weighted by Crippen LogP contribution is 2.36. The molecule has 0 aromatic heterocycles. The Balaban J connectivity index is 2.63. The average Bonchev–Trinajstić information content (AvgIpc) is 2.17. The van der Waals surface area contributed by atoms with E-state index in [1.807, 2.05) is 0 Å². The summed E-state index contributed by atoms with van der Waals surface area (Å²) in [4.78, 5) is 0. The van der Waals surface area contributed by atoms with Gasteiger partial charge >= 0.3 is 0 Å². The van der Waals surface area contributed by atoms with Crippen LogP contribution >= 0.6 is 0 Å². The summed E-state index contributed by atoms with van der Waals surface area (Å²) in [6, 6.07) is 0.815. The van der Waals surface area contributed by atoms with Crippen molar-refractivity contribution in [1.82, 2.24) is 0 Å². The Kier molecular flexibility index (Phi) is 2.61. The number of hydrogen-bond acceptors (Lipinski definition) is 2. The predicted molar refractivity (Wildman–Crippen MR) is 50.8 cm³/mol. The van der Waals surface area contributed by atoms with Gasteiger partial charge in [-0.2, -0.15) is 0 Å². The van der Waals surface area contributed by atoms with Gasteiger partial charge in [-0.25, -0.2) is 8.78 Å².